The van der Waals surface area contributed by atoms with E-state index in [0.717, 1.165) is 127 Å². The van der Waals surface area contributed by atoms with Gasteiger partial charge in [0.05, 0.1) is 26.4 Å². The molecule has 100 heavy (non-hydrogen) atoms. The highest BCUT2D eigenvalue weighted by Gasteiger charge is 2.30. The molecule has 0 aliphatic heterocycles. The maximum absolute atomic E-state index is 13.1. The van der Waals surface area contributed by atoms with Crippen LogP contribution < -0.4 is 0 Å². The first-order valence-electron chi connectivity index (χ1n) is 41.2. The number of hydrogen-bond acceptors (Lipinski definition) is 15. The fourth-order valence-electron chi connectivity index (χ4n) is 11.9. The van der Waals surface area contributed by atoms with Gasteiger partial charge in [-0.3, -0.25) is 37.3 Å². The lowest BCUT2D eigenvalue weighted by Crippen LogP contribution is -2.30. The lowest BCUT2D eigenvalue weighted by atomic mass is 9.99. The van der Waals surface area contributed by atoms with Crippen LogP contribution >= 0.6 is 15.6 Å². The number of aliphatic hydroxyl groups is 1. The lowest BCUT2D eigenvalue weighted by molar-refractivity contribution is -0.161. The Labute approximate surface area is 612 Å². The van der Waals surface area contributed by atoms with Crippen LogP contribution in [0.3, 0.4) is 0 Å². The predicted octanol–water partition coefficient (Wildman–Crippen LogP) is 23.7. The van der Waals surface area contributed by atoms with Crippen molar-refractivity contribution in [1.82, 2.24) is 0 Å². The van der Waals surface area contributed by atoms with Crippen molar-refractivity contribution in [3.8, 4) is 0 Å². The van der Waals surface area contributed by atoms with Gasteiger partial charge in [-0.25, -0.2) is 9.13 Å². The number of phosphoric acid groups is 2. The summed E-state index contributed by atoms with van der Waals surface area (Å²) < 4.78 is 68.6. The topological polar surface area (TPSA) is 237 Å². The quantitative estimate of drug-likeness (QED) is 0.0169. The second kappa shape index (κ2) is 70.8. The van der Waals surface area contributed by atoms with Crippen LogP contribution in [0.15, 0.2) is 24.3 Å². The molecule has 0 bridgehead atoms. The molecule has 0 spiro atoms. The summed E-state index contributed by atoms with van der Waals surface area (Å²) in [5, 5.41) is 10.6. The summed E-state index contributed by atoms with van der Waals surface area (Å²) in [6.45, 7) is 11.9. The van der Waals surface area contributed by atoms with Crippen LogP contribution in [0.2, 0.25) is 0 Å². The fourth-order valence-corrected chi connectivity index (χ4v) is 13.5. The van der Waals surface area contributed by atoms with E-state index in [-0.39, 0.29) is 25.7 Å². The number of hydrogen-bond donors (Lipinski definition) is 3. The van der Waals surface area contributed by atoms with Crippen LogP contribution in [0.25, 0.3) is 0 Å². The Morgan fingerprint density at radius 3 is 0.890 bits per heavy atom. The molecular formula is C81H154O17P2. The number of phosphoric ester groups is 2. The first-order chi connectivity index (χ1) is 48.3. The van der Waals surface area contributed by atoms with Crippen molar-refractivity contribution >= 4 is 39.5 Å². The van der Waals surface area contributed by atoms with Crippen molar-refractivity contribution < 1.29 is 80.2 Å². The summed E-state index contributed by atoms with van der Waals surface area (Å²) in [7, 11) is -9.93. The van der Waals surface area contributed by atoms with E-state index in [2.05, 4.69) is 72.8 Å². The van der Waals surface area contributed by atoms with Gasteiger partial charge in [0.1, 0.15) is 19.3 Å². The van der Waals surface area contributed by atoms with Crippen molar-refractivity contribution in [3.05, 3.63) is 24.3 Å². The fraction of sp³-hybridized carbons (Fsp3) is 0.901. The Balaban J connectivity index is 5.21. The zero-order valence-electron chi connectivity index (χ0n) is 65.2. The first kappa shape index (κ1) is 97.5. The molecule has 0 aromatic carbocycles. The smallest absolute Gasteiger partial charge is 0.462 e. The second-order valence-corrected chi connectivity index (χ2v) is 32.3. The van der Waals surface area contributed by atoms with Crippen LogP contribution in [0.5, 0.6) is 0 Å². The molecule has 0 aromatic heterocycles. The zero-order valence-corrected chi connectivity index (χ0v) is 66.9. The number of rotatable bonds is 77. The van der Waals surface area contributed by atoms with Crippen LogP contribution in [0.1, 0.15) is 395 Å². The minimum atomic E-state index is -4.97. The molecule has 0 aliphatic rings. The Morgan fingerprint density at radius 1 is 0.330 bits per heavy atom. The van der Waals surface area contributed by atoms with Crippen LogP contribution in [-0.2, 0) is 65.4 Å². The Bertz CT molecular complexity index is 2040. The SMILES string of the molecule is CCCCCC/C=C\C=C/CCCCCCCC(=O)O[C@H](COC(=O)CCCCCCCCC(C)CC)COP(=O)(O)OC[C@H](O)COP(=O)(O)OC[C@@H](COC(=O)CCCCCCCCCCCCCCCCCCCCC(C)CC)OC(=O)CCCCCCCCCCCCC(C)C. The van der Waals surface area contributed by atoms with E-state index in [0.29, 0.717) is 25.7 Å². The summed E-state index contributed by atoms with van der Waals surface area (Å²) in [4.78, 5) is 72.9. The van der Waals surface area contributed by atoms with Gasteiger partial charge in [-0.05, 0) is 69.1 Å². The van der Waals surface area contributed by atoms with Crippen molar-refractivity contribution in [2.24, 2.45) is 17.8 Å². The van der Waals surface area contributed by atoms with Gasteiger partial charge < -0.3 is 33.8 Å². The number of esters is 4. The van der Waals surface area contributed by atoms with Gasteiger partial charge in [0, 0.05) is 25.7 Å². The van der Waals surface area contributed by atoms with Gasteiger partial charge in [0.15, 0.2) is 12.2 Å². The summed E-state index contributed by atoms with van der Waals surface area (Å²) in [5.74, 6) is 0.206. The highest BCUT2D eigenvalue weighted by molar-refractivity contribution is 7.47. The number of allylic oxidation sites excluding steroid dienone is 4. The number of unbranched alkanes of at least 4 members (excludes halogenated alkanes) is 40. The molecule has 0 saturated carbocycles. The van der Waals surface area contributed by atoms with E-state index < -0.39 is 97.5 Å². The third-order valence-electron chi connectivity index (χ3n) is 19.0. The lowest BCUT2D eigenvalue weighted by Gasteiger charge is -2.21. The maximum Gasteiger partial charge on any atom is 0.472 e. The average molecular weight is 1460 g/mol. The molecule has 0 aliphatic carbocycles. The normalized spacial score (nSPS) is 14.7. The van der Waals surface area contributed by atoms with Gasteiger partial charge in [-0.2, -0.15) is 0 Å². The number of carbonyl (C=O) groups is 4. The largest absolute Gasteiger partial charge is 0.472 e. The molecule has 0 heterocycles. The Hall–Kier alpha value is -2.46. The molecular weight excluding hydrogens is 1310 g/mol. The third kappa shape index (κ3) is 71.2. The number of aliphatic hydroxyl groups excluding tert-OH is 1. The zero-order chi connectivity index (χ0) is 73.7. The third-order valence-corrected chi connectivity index (χ3v) is 20.9. The Kier molecular flexibility index (Phi) is 69.1. The average Bonchev–Trinajstić information content (AvgIpc) is 0.911. The molecule has 3 N–H and O–H groups in total. The van der Waals surface area contributed by atoms with Crippen molar-refractivity contribution in [3.63, 3.8) is 0 Å². The van der Waals surface area contributed by atoms with Crippen LogP contribution in [0, 0.1) is 17.8 Å². The maximum atomic E-state index is 13.1. The van der Waals surface area contributed by atoms with E-state index in [4.69, 9.17) is 37.0 Å². The van der Waals surface area contributed by atoms with E-state index in [1.165, 1.54) is 186 Å². The van der Waals surface area contributed by atoms with Crippen molar-refractivity contribution in [2.75, 3.05) is 39.6 Å². The molecule has 590 valence electrons. The van der Waals surface area contributed by atoms with E-state index in [1.54, 1.807) is 0 Å². The first-order valence-corrected chi connectivity index (χ1v) is 44.2. The molecule has 0 radical (unpaired) electrons. The number of carbonyl (C=O) groups excluding carboxylic acids is 4. The van der Waals surface area contributed by atoms with Gasteiger partial charge in [-0.15, -0.1) is 0 Å². The molecule has 17 nitrogen and oxygen atoms in total. The molecule has 0 rings (SSSR count). The second-order valence-electron chi connectivity index (χ2n) is 29.4. The van der Waals surface area contributed by atoms with E-state index in [9.17, 15) is 43.2 Å². The minimum absolute atomic E-state index is 0.0840. The van der Waals surface area contributed by atoms with Crippen LogP contribution in [-0.4, -0.2) is 96.7 Å². The molecule has 4 unspecified atom stereocenters. The summed E-state index contributed by atoms with van der Waals surface area (Å²) >= 11 is 0. The summed E-state index contributed by atoms with van der Waals surface area (Å²) in [6.07, 6.45) is 62.0. The molecule has 0 saturated heterocycles. The summed E-state index contributed by atoms with van der Waals surface area (Å²) in [6, 6.07) is 0. The molecule has 19 heteroatoms. The Morgan fingerprint density at radius 2 is 0.590 bits per heavy atom. The predicted molar refractivity (Wildman–Crippen MR) is 409 cm³/mol. The standard InChI is InChI=1S/C81H154O17P2/c1-8-11-12-13-14-15-16-17-22-27-30-36-41-50-57-64-80(85)98-77(69-92-79(84)63-56-49-44-43-47-54-61-74(7)10-3)71-96-100(89,90)94-67-75(82)66-93-99(87,88)95-70-76(97-81(86)65-58-51-42-37-32-31-33-38-45-52-59-72(4)5)68-91-78(83)62-55-48-40-35-29-26-24-21-19-18-20-23-25-28-34-39-46-53-60-73(6)9-2/h15-17,22,72-77,82H,8-14,18-21,23-71H2,1-7H3,(H,87,88)(H,89,90)/b16-15-,22-17-/t73?,74?,75-,76-,77-/m1/s1. The summed E-state index contributed by atoms with van der Waals surface area (Å²) in [5.41, 5.74) is 0. The van der Waals surface area contributed by atoms with Crippen molar-refractivity contribution in [1.29, 1.82) is 0 Å². The highest BCUT2D eigenvalue weighted by Crippen LogP contribution is 2.45. The van der Waals surface area contributed by atoms with Gasteiger partial charge >= 0.3 is 39.5 Å². The molecule has 0 fully saturated rings. The highest BCUT2D eigenvalue weighted by atomic mass is 31.2. The monoisotopic (exact) mass is 1460 g/mol. The minimum Gasteiger partial charge on any atom is -0.462 e. The van der Waals surface area contributed by atoms with Crippen LogP contribution in [0.4, 0.5) is 0 Å². The van der Waals surface area contributed by atoms with Gasteiger partial charge in [0.2, 0.25) is 0 Å². The van der Waals surface area contributed by atoms with E-state index >= 15 is 0 Å². The van der Waals surface area contributed by atoms with E-state index in [1.807, 2.05) is 0 Å². The molecule has 0 aromatic rings. The van der Waals surface area contributed by atoms with Gasteiger partial charge in [-0.1, -0.05) is 342 Å². The molecule has 0 amide bonds. The number of ether oxygens (including phenoxy) is 4. The van der Waals surface area contributed by atoms with Gasteiger partial charge in [0.25, 0.3) is 0 Å². The molecule has 7 atom stereocenters. The van der Waals surface area contributed by atoms with Crippen molar-refractivity contribution in [2.45, 2.75) is 414 Å².